The minimum Gasteiger partial charge on any atom is -0.361 e. The zero-order chi connectivity index (χ0) is 13.7. The van der Waals surface area contributed by atoms with Crippen molar-refractivity contribution in [2.45, 2.75) is 32.2 Å². The van der Waals surface area contributed by atoms with Crippen molar-refractivity contribution in [1.82, 2.24) is 10.3 Å². The van der Waals surface area contributed by atoms with Crippen molar-refractivity contribution < 1.29 is 4.79 Å². The molecule has 0 bridgehead atoms. The highest BCUT2D eigenvalue weighted by atomic mass is 35.5. The third-order valence-electron chi connectivity index (χ3n) is 3.30. The number of rotatable bonds is 6. The van der Waals surface area contributed by atoms with E-state index in [2.05, 4.69) is 22.4 Å². The first-order valence-corrected chi connectivity index (χ1v) is 6.80. The summed E-state index contributed by atoms with van der Waals surface area (Å²) in [6, 6.07) is 7.79. The highest BCUT2D eigenvalue weighted by molar-refractivity contribution is 5.85. The molecule has 1 heterocycles. The molecular formula is C15H22ClN3O. The predicted molar refractivity (Wildman–Crippen MR) is 85.1 cm³/mol. The van der Waals surface area contributed by atoms with Crippen molar-refractivity contribution >= 4 is 29.2 Å². The monoisotopic (exact) mass is 295 g/mol. The highest BCUT2D eigenvalue weighted by Gasteiger charge is 2.11. The number of carbonyl (C=O) groups is 1. The van der Waals surface area contributed by atoms with Crippen molar-refractivity contribution in [3.63, 3.8) is 0 Å². The number of hydrogen-bond acceptors (Lipinski definition) is 2. The maximum Gasteiger partial charge on any atom is 0.236 e. The number of hydrogen-bond donors (Lipinski definition) is 3. The Morgan fingerprint density at radius 1 is 1.40 bits per heavy atom. The number of nitrogens with one attached hydrogen (secondary N) is 2. The van der Waals surface area contributed by atoms with E-state index in [0.29, 0.717) is 6.54 Å². The van der Waals surface area contributed by atoms with Gasteiger partial charge in [-0.05, 0) is 24.5 Å². The second-order valence-corrected chi connectivity index (χ2v) is 4.80. The normalized spacial score (nSPS) is 11.9. The molecule has 4 nitrogen and oxygen atoms in total. The van der Waals surface area contributed by atoms with E-state index in [0.717, 1.165) is 24.8 Å². The zero-order valence-corrected chi connectivity index (χ0v) is 12.5. The van der Waals surface area contributed by atoms with Gasteiger partial charge in [0.05, 0.1) is 6.04 Å². The Hall–Kier alpha value is -1.52. The van der Waals surface area contributed by atoms with Crippen LogP contribution >= 0.6 is 12.4 Å². The smallest absolute Gasteiger partial charge is 0.236 e. The molecule has 0 radical (unpaired) electrons. The maximum atomic E-state index is 11.7. The van der Waals surface area contributed by atoms with E-state index in [9.17, 15) is 4.79 Å². The number of amides is 1. The summed E-state index contributed by atoms with van der Waals surface area (Å²) >= 11 is 0. The number of aromatic nitrogens is 1. The average Bonchev–Trinajstić information content (AvgIpc) is 2.82. The van der Waals surface area contributed by atoms with Gasteiger partial charge in [0.2, 0.25) is 5.91 Å². The van der Waals surface area contributed by atoms with E-state index >= 15 is 0 Å². The molecule has 0 aliphatic carbocycles. The topological polar surface area (TPSA) is 70.9 Å². The molecular weight excluding hydrogens is 274 g/mol. The van der Waals surface area contributed by atoms with Gasteiger partial charge in [0.1, 0.15) is 0 Å². The number of aromatic amines is 1. The van der Waals surface area contributed by atoms with Gasteiger partial charge in [-0.3, -0.25) is 4.79 Å². The molecule has 0 spiro atoms. The van der Waals surface area contributed by atoms with Crippen LogP contribution < -0.4 is 11.1 Å². The van der Waals surface area contributed by atoms with Crippen LogP contribution in [0.3, 0.4) is 0 Å². The number of carbonyl (C=O) groups excluding carboxylic acids is 1. The van der Waals surface area contributed by atoms with Crippen LogP contribution in [0.1, 0.15) is 25.3 Å². The van der Waals surface area contributed by atoms with E-state index in [1.165, 1.54) is 10.9 Å². The minimum atomic E-state index is -0.382. The SMILES string of the molecule is CCCC(N)C(=O)NCCc1c[nH]c2ccccc12.Cl. The minimum absolute atomic E-state index is 0. The summed E-state index contributed by atoms with van der Waals surface area (Å²) in [6.07, 6.45) is 4.48. The summed E-state index contributed by atoms with van der Waals surface area (Å²) in [5.74, 6) is -0.0540. The molecule has 0 aliphatic heterocycles. The van der Waals surface area contributed by atoms with Gasteiger partial charge >= 0.3 is 0 Å². The number of para-hydroxylation sites is 1. The van der Waals surface area contributed by atoms with Crippen LogP contribution in [-0.4, -0.2) is 23.5 Å². The molecule has 2 rings (SSSR count). The van der Waals surface area contributed by atoms with Gasteiger partial charge < -0.3 is 16.0 Å². The van der Waals surface area contributed by atoms with Crippen molar-refractivity contribution in [2.24, 2.45) is 5.73 Å². The molecule has 110 valence electrons. The van der Waals surface area contributed by atoms with E-state index in [1.54, 1.807) is 0 Å². The van der Waals surface area contributed by atoms with Crippen LogP contribution in [0.5, 0.6) is 0 Å². The lowest BCUT2D eigenvalue weighted by Gasteiger charge is -2.10. The van der Waals surface area contributed by atoms with E-state index in [4.69, 9.17) is 5.73 Å². The summed E-state index contributed by atoms with van der Waals surface area (Å²) in [5.41, 5.74) is 8.11. The number of fused-ring (bicyclic) bond motifs is 1. The lowest BCUT2D eigenvalue weighted by molar-refractivity contribution is -0.122. The second-order valence-electron chi connectivity index (χ2n) is 4.80. The van der Waals surface area contributed by atoms with Gasteiger partial charge in [-0.25, -0.2) is 0 Å². The summed E-state index contributed by atoms with van der Waals surface area (Å²) < 4.78 is 0. The molecule has 0 saturated carbocycles. The van der Waals surface area contributed by atoms with Crippen LogP contribution in [-0.2, 0) is 11.2 Å². The quantitative estimate of drug-likeness (QED) is 0.766. The van der Waals surface area contributed by atoms with Crippen LogP contribution in [0.2, 0.25) is 0 Å². The number of halogens is 1. The molecule has 2 aromatic rings. The van der Waals surface area contributed by atoms with Crippen molar-refractivity contribution in [3.8, 4) is 0 Å². The largest absolute Gasteiger partial charge is 0.361 e. The first-order valence-electron chi connectivity index (χ1n) is 6.80. The van der Waals surface area contributed by atoms with Crippen molar-refractivity contribution in [2.75, 3.05) is 6.54 Å². The summed E-state index contributed by atoms with van der Waals surface area (Å²) in [7, 11) is 0. The fraction of sp³-hybridized carbons (Fsp3) is 0.400. The Kier molecular flexibility index (Phi) is 6.55. The Balaban J connectivity index is 0.00000200. The Morgan fingerprint density at radius 3 is 2.90 bits per heavy atom. The standard InChI is InChI=1S/C15H21N3O.ClH/c1-2-5-13(16)15(19)17-9-8-11-10-18-14-7-4-3-6-12(11)14;/h3-4,6-7,10,13,18H,2,5,8-9,16H2,1H3,(H,17,19);1H. The van der Waals surface area contributed by atoms with E-state index < -0.39 is 0 Å². The zero-order valence-electron chi connectivity index (χ0n) is 11.7. The third kappa shape index (κ3) is 3.99. The molecule has 1 unspecified atom stereocenters. The number of benzene rings is 1. The molecule has 0 fully saturated rings. The molecule has 0 saturated heterocycles. The van der Waals surface area contributed by atoms with E-state index in [-0.39, 0.29) is 24.4 Å². The van der Waals surface area contributed by atoms with Crippen LogP contribution in [0.15, 0.2) is 30.5 Å². The van der Waals surface area contributed by atoms with Gasteiger partial charge in [-0.2, -0.15) is 0 Å². The average molecular weight is 296 g/mol. The number of nitrogens with two attached hydrogens (primary N) is 1. The summed E-state index contributed by atoms with van der Waals surface area (Å²) in [5, 5.41) is 4.11. The Bertz CT molecular complexity index is 553. The number of H-pyrrole nitrogens is 1. The maximum absolute atomic E-state index is 11.7. The fourth-order valence-electron chi connectivity index (χ4n) is 2.23. The first kappa shape index (κ1) is 16.5. The lowest BCUT2D eigenvalue weighted by Crippen LogP contribution is -2.41. The van der Waals surface area contributed by atoms with Gasteiger partial charge in [0, 0.05) is 23.6 Å². The Labute approximate surface area is 125 Å². The molecule has 0 aliphatic rings. The van der Waals surface area contributed by atoms with Gasteiger partial charge in [-0.1, -0.05) is 31.5 Å². The molecule has 20 heavy (non-hydrogen) atoms. The summed E-state index contributed by atoms with van der Waals surface area (Å²) in [4.78, 5) is 14.9. The van der Waals surface area contributed by atoms with Crippen LogP contribution in [0.4, 0.5) is 0 Å². The molecule has 1 amide bonds. The molecule has 1 aromatic carbocycles. The van der Waals surface area contributed by atoms with Crippen molar-refractivity contribution in [1.29, 1.82) is 0 Å². The van der Waals surface area contributed by atoms with Crippen LogP contribution in [0, 0.1) is 0 Å². The van der Waals surface area contributed by atoms with Gasteiger partial charge in [-0.15, -0.1) is 12.4 Å². The molecule has 4 N–H and O–H groups in total. The summed E-state index contributed by atoms with van der Waals surface area (Å²) in [6.45, 7) is 2.65. The molecule has 1 aromatic heterocycles. The molecule has 5 heteroatoms. The second kappa shape index (κ2) is 7.92. The van der Waals surface area contributed by atoms with Gasteiger partial charge in [0.25, 0.3) is 0 Å². The Morgan fingerprint density at radius 2 is 2.15 bits per heavy atom. The van der Waals surface area contributed by atoms with Crippen LogP contribution in [0.25, 0.3) is 10.9 Å². The first-order chi connectivity index (χ1) is 9.22. The lowest BCUT2D eigenvalue weighted by atomic mass is 10.1. The predicted octanol–water partition coefficient (Wildman–Crippen LogP) is 2.38. The van der Waals surface area contributed by atoms with E-state index in [1.807, 2.05) is 25.3 Å². The molecule has 1 atom stereocenters. The van der Waals surface area contributed by atoms with Crippen molar-refractivity contribution in [3.05, 3.63) is 36.0 Å². The fourth-order valence-corrected chi connectivity index (χ4v) is 2.23. The third-order valence-corrected chi connectivity index (χ3v) is 3.30. The van der Waals surface area contributed by atoms with Gasteiger partial charge in [0.15, 0.2) is 0 Å². The highest BCUT2D eigenvalue weighted by Crippen LogP contribution is 2.17.